The number of nitro groups is 1. The van der Waals surface area contributed by atoms with Crippen LogP contribution < -0.4 is 9.46 Å². The van der Waals surface area contributed by atoms with Crippen molar-refractivity contribution in [1.82, 2.24) is 9.62 Å². The molecule has 1 aliphatic rings. The number of nitro benzene ring substituents is 1. The summed E-state index contributed by atoms with van der Waals surface area (Å²) < 4.78 is 32.2. The number of hydrogen-bond donors (Lipinski definition) is 1. The molecule has 0 spiro atoms. The minimum atomic E-state index is -3.94. The normalized spacial score (nSPS) is 18.9. The highest BCUT2D eigenvalue weighted by molar-refractivity contribution is 7.89. The van der Waals surface area contributed by atoms with Crippen LogP contribution in [0.4, 0.5) is 5.69 Å². The van der Waals surface area contributed by atoms with Gasteiger partial charge in [0.25, 0.3) is 5.69 Å². The molecule has 2 rings (SSSR count). The Kier molecular flexibility index (Phi) is 6.74. The van der Waals surface area contributed by atoms with Gasteiger partial charge in [0.05, 0.1) is 18.1 Å². The van der Waals surface area contributed by atoms with E-state index >= 15 is 0 Å². The van der Waals surface area contributed by atoms with E-state index in [0.29, 0.717) is 12.5 Å². The van der Waals surface area contributed by atoms with Crippen LogP contribution in [0.5, 0.6) is 5.75 Å². The molecule has 1 aromatic carbocycles. The molecule has 1 atom stereocenters. The zero-order chi connectivity index (χ0) is 18.4. The maximum absolute atomic E-state index is 12.4. The van der Waals surface area contributed by atoms with Crippen molar-refractivity contribution in [2.75, 3.05) is 26.7 Å². The van der Waals surface area contributed by atoms with E-state index in [1.165, 1.54) is 38.5 Å². The summed E-state index contributed by atoms with van der Waals surface area (Å²) in [6.07, 6.45) is 4.25. The number of methoxy groups -OCH3 is 1. The lowest BCUT2D eigenvalue weighted by Gasteiger charge is -2.33. The van der Waals surface area contributed by atoms with Gasteiger partial charge in [0.15, 0.2) is 4.90 Å². The van der Waals surface area contributed by atoms with Crippen molar-refractivity contribution >= 4 is 15.7 Å². The molecule has 8 nitrogen and oxygen atoms in total. The zero-order valence-corrected chi connectivity index (χ0v) is 15.4. The lowest BCUT2D eigenvalue weighted by molar-refractivity contribution is -0.387. The van der Waals surface area contributed by atoms with Gasteiger partial charge in [-0.2, -0.15) is 0 Å². The summed E-state index contributed by atoms with van der Waals surface area (Å²) in [6.45, 7) is 4.28. The summed E-state index contributed by atoms with van der Waals surface area (Å²) in [4.78, 5) is 12.5. The van der Waals surface area contributed by atoms with Gasteiger partial charge in [0.1, 0.15) is 5.75 Å². The average molecular weight is 371 g/mol. The third-order valence-corrected chi connectivity index (χ3v) is 6.02. The van der Waals surface area contributed by atoms with Crippen LogP contribution in [0.2, 0.25) is 0 Å². The molecule has 1 fully saturated rings. The van der Waals surface area contributed by atoms with Crippen LogP contribution in [-0.2, 0) is 10.0 Å². The number of likely N-dealkylation sites (tertiary alicyclic amines) is 1. The summed E-state index contributed by atoms with van der Waals surface area (Å²) in [5.74, 6) is 0.240. The van der Waals surface area contributed by atoms with Gasteiger partial charge in [-0.25, -0.2) is 13.1 Å². The maximum atomic E-state index is 12.4. The van der Waals surface area contributed by atoms with E-state index in [4.69, 9.17) is 4.74 Å². The van der Waals surface area contributed by atoms with Crippen LogP contribution in [0.1, 0.15) is 32.6 Å². The second-order valence-corrected chi connectivity index (χ2v) is 7.96. The van der Waals surface area contributed by atoms with E-state index in [-0.39, 0.29) is 17.2 Å². The summed E-state index contributed by atoms with van der Waals surface area (Å²) >= 11 is 0. The van der Waals surface area contributed by atoms with Crippen molar-refractivity contribution in [3.8, 4) is 5.75 Å². The Labute approximate surface area is 148 Å². The lowest BCUT2D eigenvalue weighted by atomic mass is 10.0. The van der Waals surface area contributed by atoms with Crippen LogP contribution in [0, 0.1) is 10.1 Å². The van der Waals surface area contributed by atoms with E-state index in [1.807, 2.05) is 0 Å². The Hall–Kier alpha value is -1.71. The molecule has 1 N–H and O–H groups in total. The highest BCUT2D eigenvalue weighted by Gasteiger charge is 2.26. The molecule has 25 heavy (non-hydrogen) atoms. The molecule has 9 heteroatoms. The first kappa shape index (κ1) is 19.6. The fraction of sp³-hybridized carbons (Fsp3) is 0.625. The van der Waals surface area contributed by atoms with Gasteiger partial charge in [-0.05, 0) is 51.4 Å². The number of piperidine rings is 1. The molecule has 0 bridgehead atoms. The topological polar surface area (TPSA) is 102 Å². The van der Waals surface area contributed by atoms with Crippen molar-refractivity contribution < 1.29 is 18.1 Å². The monoisotopic (exact) mass is 371 g/mol. The van der Waals surface area contributed by atoms with E-state index in [0.717, 1.165) is 19.2 Å². The molecule has 0 amide bonds. The third kappa shape index (κ3) is 5.13. The van der Waals surface area contributed by atoms with E-state index in [9.17, 15) is 18.5 Å². The smallest absolute Gasteiger partial charge is 0.293 e. The van der Waals surface area contributed by atoms with E-state index in [2.05, 4.69) is 16.5 Å². The fourth-order valence-electron chi connectivity index (χ4n) is 3.05. The van der Waals surface area contributed by atoms with Gasteiger partial charge in [-0.3, -0.25) is 10.1 Å². The summed E-state index contributed by atoms with van der Waals surface area (Å²) in [7, 11) is -2.58. The van der Waals surface area contributed by atoms with Gasteiger partial charge in [0.2, 0.25) is 10.0 Å². The van der Waals surface area contributed by atoms with E-state index < -0.39 is 20.6 Å². The van der Waals surface area contributed by atoms with Crippen molar-refractivity contribution in [3.63, 3.8) is 0 Å². The summed E-state index contributed by atoms with van der Waals surface area (Å²) in [5, 5.41) is 11.2. The molecular formula is C16H25N3O5S. The van der Waals surface area contributed by atoms with Crippen LogP contribution in [-0.4, -0.2) is 51.0 Å². The number of nitrogens with one attached hydrogen (secondary N) is 1. The molecular weight excluding hydrogens is 346 g/mol. The summed E-state index contributed by atoms with van der Waals surface area (Å²) in [6, 6.07) is 4.24. The maximum Gasteiger partial charge on any atom is 0.293 e. The summed E-state index contributed by atoms with van der Waals surface area (Å²) in [5.41, 5.74) is -0.489. The van der Waals surface area contributed by atoms with Crippen LogP contribution in [0.25, 0.3) is 0 Å². The molecule has 1 heterocycles. The average Bonchev–Trinajstić information content (AvgIpc) is 2.59. The first-order valence-corrected chi connectivity index (χ1v) is 9.89. The number of rotatable bonds is 8. The Balaban J connectivity index is 1.98. The highest BCUT2D eigenvalue weighted by Crippen LogP contribution is 2.28. The minimum Gasteiger partial charge on any atom is -0.497 e. The predicted octanol–water partition coefficient (Wildman–Crippen LogP) is 2.15. The Morgan fingerprint density at radius 3 is 2.80 bits per heavy atom. The third-order valence-electron chi connectivity index (χ3n) is 4.51. The Morgan fingerprint density at radius 1 is 1.40 bits per heavy atom. The zero-order valence-electron chi connectivity index (χ0n) is 14.6. The van der Waals surface area contributed by atoms with Crippen LogP contribution >= 0.6 is 0 Å². The fourth-order valence-corrected chi connectivity index (χ4v) is 4.27. The van der Waals surface area contributed by atoms with Crippen LogP contribution in [0.15, 0.2) is 23.1 Å². The van der Waals surface area contributed by atoms with Gasteiger partial charge >= 0.3 is 0 Å². The Morgan fingerprint density at radius 2 is 2.16 bits per heavy atom. The number of sulfonamides is 1. The first-order chi connectivity index (χ1) is 11.8. The largest absolute Gasteiger partial charge is 0.497 e. The molecule has 1 aromatic rings. The quantitative estimate of drug-likeness (QED) is 0.427. The molecule has 0 radical (unpaired) electrons. The van der Waals surface area contributed by atoms with E-state index in [1.54, 1.807) is 0 Å². The Bertz CT molecular complexity index is 708. The van der Waals surface area contributed by atoms with Crippen molar-refractivity contribution in [2.45, 2.75) is 43.5 Å². The SMILES string of the molecule is COc1ccc(S(=O)(=O)NCCCN2CCCCC2C)c([N+](=O)[O-])c1. The molecule has 1 saturated heterocycles. The lowest BCUT2D eigenvalue weighted by Crippen LogP contribution is -2.39. The minimum absolute atomic E-state index is 0.240. The van der Waals surface area contributed by atoms with Crippen molar-refractivity contribution in [2.24, 2.45) is 0 Å². The first-order valence-electron chi connectivity index (χ1n) is 8.41. The highest BCUT2D eigenvalue weighted by atomic mass is 32.2. The van der Waals surface area contributed by atoms with Crippen molar-refractivity contribution in [3.05, 3.63) is 28.3 Å². The molecule has 0 saturated carbocycles. The number of nitrogens with zero attached hydrogens (tertiary/aromatic N) is 2. The molecule has 1 unspecified atom stereocenters. The number of benzene rings is 1. The van der Waals surface area contributed by atoms with Crippen LogP contribution in [0.3, 0.4) is 0 Å². The van der Waals surface area contributed by atoms with Gasteiger partial charge in [0, 0.05) is 12.6 Å². The molecule has 140 valence electrons. The molecule has 1 aliphatic heterocycles. The predicted molar refractivity (Wildman–Crippen MR) is 94.3 cm³/mol. The molecule has 0 aromatic heterocycles. The van der Waals surface area contributed by atoms with Gasteiger partial charge in [-0.1, -0.05) is 6.42 Å². The van der Waals surface area contributed by atoms with Crippen molar-refractivity contribution in [1.29, 1.82) is 0 Å². The number of hydrogen-bond acceptors (Lipinski definition) is 6. The molecule has 0 aliphatic carbocycles. The standard InChI is InChI=1S/C16H25N3O5S/c1-13-6-3-4-10-18(13)11-5-9-17-25(22,23)16-8-7-14(24-2)12-15(16)19(20)21/h7-8,12-13,17H,3-6,9-11H2,1-2H3. The number of ether oxygens (including phenoxy) is 1. The van der Waals surface area contributed by atoms with Gasteiger partial charge in [-0.15, -0.1) is 0 Å². The second-order valence-electron chi connectivity index (χ2n) is 6.22. The van der Waals surface area contributed by atoms with Gasteiger partial charge < -0.3 is 9.64 Å². The second kappa shape index (κ2) is 8.59.